The maximum Gasteiger partial charge on any atom is 0.323 e. The van der Waals surface area contributed by atoms with Gasteiger partial charge in [0.2, 0.25) is 5.75 Å². The van der Waals surface area contributed by atoms with Gasteiger partial charge in [0.25, 0.3) is 11.8 Å². The standard InChI is InChI=1S/C8H12N2O4.C4H4N2/c1-11-5-6(12-2)9-8(14-4)10-7(5)13-3;1-2-5-4-6-3-1/h1-4H3;1-4H. The van der Waals surface area contributed by atoms with E-state index < -0.39 is 0 Å². The number of hydrogen-bond acceptors (Lipinski definition) is 8. The van der Waals surface area contributed by atoms with Crippen molar-refractivity contribution < 1.29 is 18.9 Å². The Kier molecular flexibility index (Phi) is 6.52. The summed E-state index contributed by atoms with van der Waals surface area (Å²) in [5.74, 6) is 0.892. The van der Waals surface area contributed by atoms with E-state index in [1.54, 1.807) is 18.5 Å². The highest BCUT2D eigenvalue weighted by Gasteiger charge is 2.16. The van der Waals surface area contributed by atoms with Gasteiger partial charge >= 0.3 is 6.01 Å². The highest BCUT2D eigenvalue weighted by atomic mass is 16.5. The molecule has 2 rings (SSSR count). The Balaban J connectivity index is 0.000000276. The summed E-state index contributed by atoms with van der Waals surface area (Å²) in [6, 6.07) is 1.94. The van der Waals surface area contributed by atoms with Crippen LogP contribution in [-0.2, 0) is 0 Å². The molecule has 0 spiro atoms. The first kappa shape index (κ1) is 15.4. The van der Waals surface area contributed by atoms with E-state index in [0.717, 1.165) is 0 Å². The maximum absolute atomic E-state index is 5.03. The lowest BCUT2D eigenvalue weighted by molar-refractivity contribution is 0.288. The molecule has 8 nitrogen and oxygen atoms in total. The van der Waals surface area contributed by atoms with Crippen LogP contribution in [0.1, 0.15) is 0 Å². The van der Waals surface area contributed by atoms with Crippen molar-refractivity contribution in [2.75, 3.05) is 28.4 Å². The molecule has 0 aliphatic rings. The number of ether oxygens (including phenoxy) is 4. The second-order valence-corrected chi connectivity index (χ2v) is 3.17. The summed E-state index contributed by atoms with van der Waals surface area (Å²) in [5, 5.41) is 0. The fourth-order valence-electron chi connectivity index (χ4n) is 1.19. The monoisotopic (exact) mass is 280 g/mol. The van der Waals surface area contributed by atoms with Crippen LogP contribution in [0, 0.1) is 0 Å². The van der Waals surface area contributed by atoms with E-state index >= 15 is 0 Å². The molecule has 0 aliphatic carbocycles. The molecule has 0 radical (unpaired) electrons. The van der Waals surface area contributed by atoms with Crippen LogP contribution < -0.4 is 18.9 Å². The lowest BCUT2D eigenvalue weighted by Gasteiger charge is -2.10. The van der Waals surface area contributed by atoms with Gasteiger partial charge in [0.05, 0.1) is 28.4 Å². The zero-order valence-corrected chi connectivity index (χ0v) is 11.7. The van der Waals surface area contributed by atoms with Gasteiger partial charge in [0.1, 0.15) is 6.33 Å². The third kappa shape index (κ3) is 4.23. The molecule has 0 N–H and O–H groups in total. The largest absolute Gasteiger partial charge is 0.487 e. The average Bonchev–Trinajstić information content (AvgIpc) is 2.55. The van der Waals surface area contributed by atoms with Crippen molar-refractivity contribution in [3.63, 3.8) is 0 Å². The Labute approximate surface area is 116 Å². The third-order valence-electron chi connectivity index (χ3n) is 2.03. The summed E-state index contributed by atoms with van der Waals surface area (Å²) < 4.78 is 19.9. The van der Waals surface area contributed by atoms with Crippen molar-refractivity contribution in [2.24, 2.45) is 0 Å². The molecular weight excluding hydrogens is 264 g/mol. The molecule has 0 amide bonds. The second-order valence-electron chi connectivity index (χ2n) is 3.17. The van der Waals surface area contributed by atoms with Gasteiger partial charge in [-0.1, -0.05) is 0 Å². The minimum absolute atomic E-state index is 0.166. The van der Waals surface area contributed by atoms with Crippen molar-refractivity contribution in [2.45, 2.75) is 0 Å². The van der Waals surface area contributed by atoms with Gasteiger partial charge in [-0.3, -0.25) is 0 Å². The quantitative estimate of drug-likeness (QED) is 0.819. The van der Waals surface area contributed by atoms with E-state index in [-0.39, 0.29) is 17.8 Å². The average molecular weight is 280 g/mol. The van der Waals surface area contributed by atoms with Crippen LogP contribution in [0.15, 0.2) is 24.8 Å². The molecule has 2 aromatic rings. The summed E-state index contributed by atoms with van der Waals surface area (Å²) in [4.78, 5) is 15.2. The smallest absolute Gasteiger partial charge is 0.323 e. The summed E-state index contributed by atoms with van der Waals surface area (Å²) >= 11 is 0. The molecule has 0 saturated heterocycles. The van der Waals surface area contributed by atoms with Gasteiger partial charge in [-0.15, -0.1) is 0 Å². The molecule has 0 fully saturated rings. The predicted molar refractivity (Wildman–Crippen MR) is 70.3 cm³/mol. The van der Waals surface area contributed by atoms with Crippen LogP contribution in [0.4, 0.5) is 0 Å². The topological polar surface area (TPSA) is 88.5 Å². The van der Waals surface area contributed by atoms with Crippen molar-refractivity contribution in [1.29, 1.82) is 0 Å². The minimum Gasteiger partial charge on any atom is -0.487 e. The summed E-state index contributed by atoms with van der Waals surface area (Å²) in [5.41, 5.74) is 0. The fourth-order valence-corrected chi connectivity index (χ4v) is 1.19. The zero-order chi connectivity index (χ0) is 14.8. The number of methoxy groups -OCH3 is 4. The summed E-state index contributed by atoms with van der Waals surface area (Å²) in [7, 11) is 5.89. The van der Waals surface area contributed by atoms with Crippen LogP contribution in [0.2, 0.25) is 0 Å². The second kappa shape index (κ2) is 8.46. The Bertz CT molecular complexity index is 458. The van der Waals surface area contributed by atoms with Crippen LogP contribution in [0.3, 0.4) is 0 Å². The van der Waals surface area contributed by atoms with Gasteiger partial charge in [-0.2, -0.15) is 9.97 Å². The molecule has 0 bridgehead atoms. The fraction of sp³-hybridized carbons (Fsp3) is 0.333. The van der Waals surface area contributed by atoms with E-state index in [1.807, 2.05) is 0 Å². The first-order valence-corrected chi connectivity index (χ1v) is 5.54. The summed E-state index contributed by atoms with van der Waals surface area (Å²) in [6.45, 7) is 0. The maximum atomic E-state index is 5.03. The Morgan fingerprint density at radius 1 is 0.750 bits per heavy atom. The lowest BCUT2D eigenvalue weighted by atomic mass is 10.5. The van der Waals surface area contributed by atoms with Crippen LogP contribution in [0.25, 0.3) is 0 Å². The summed E-state index contributed by atoms with van der Waals surface area (Å²) in [6.07, 6.45) is 4.88. The molecular formula is C12H16N4O4. The number of nitrogens with zero attached hydrogens (tertiary/aromatic N) is 4. The Morgan fingerprint density at radius 3 is 1.55 bits per heavy atom. The molecule has 8 heteroatoms. The van der Waals surface area contributed by atoms with Gasteiger partial charge in [-0.05, 0) is 6.07 Å². The van der Waals surface area contributed by atoms with E-state index in [0.29, 0.717) is 5.75 Å². The zero-order valence-electron chi connectivity index (χ0n) is 11.7. The third-order valence-corrected chi connectivity index (χ3v) is 2.03. The van der Waals surface area contributed by atoms with Gasteiger partial charge in [0.15, 0.2) is 0 Å². The molecule has 0 saturated carbocycles. The highest BCUT2D eigenvalue weighted by Crippen LogP contribution is 2.34. The molecule has 0 atom stereocenters. The minimum atomic E-state index is 0.166. The van der Waals surface area contributed by atoms with E-state index in [2.05, 4.69) is 19.9 Å². The number of aromatic nitrogens is 4. The molecule has 2 heterocycles. The molecule has 0 aliphatic heterocycles. The lowest BCUT2D eigenvalue weighted by Crippen LogP contribution is -2.02. The van der Waals surface area contributed by atoms with Gasteiger partial charge < -0.3 is 18.9 Å². The molecule has 2 aromatic heterocycles. The number of hydrogen-bond donors (Lipinski definition) is 0. The SMILES string of the molecule is COc1nc(OC)c(OC)c(OC)n1.c1cncnc1. The van der Waals surface area contributed by atoms with Crippen LogP contribution >= 0.6 is 0 Å². The van der Waals surface area contributed by atoms with Crippen LogP contribution in [-0.4, -0.2) is 48.4 Å². The molecule has 20 heavy (non-hydrogen) atoms. The van der Waals surface area contributed by atoms with Gasteiger partial charge in [0, 0.05) is 12.4 Å². The first-order chi connectivity index (χ1) is 9.76. The van der Waals surface area contributed by atoms with E-state index in [9.17, 15) is 0 Å². The van der Waals surface area contributed by atoms with Crippen molar-refractivity contribution in [1.82, 2.24) is 19.9 Å². The normalized spacial score (nSPS) is 9.00. The predicted octanol–water partition coefficient (Wildman–Crippen LogP) is 0.988. The van der Waals surface area contributed by atoms with E-state index in [4.69, 9.17) is 18.9 Å². The van der Waals surface area contributed by atoms with Crippen molar-refractivity contribution >= 4 is 0 Å². The first-order valence-electron chi connectivity index (χ1n) is 5.54. The van der Waals surface area contributed by atoms with Crippen molar-refractivity contribution in [3.8, 4) is 23.5 Å². The highest BCUT2D eigenvalue weighted by molar-refractivity contribution is 5.43. The van der Waals surface area contributed by atoms with E-state index in [1.165, 1.54) is 34.8 Å². The Morgan fingerprint density at radius 2 is 1.30 bits per heavy atom. The Hall–Kier alpha value is -2.64. The molecule has 0 aromatic carbocycles. The van der Waals surface area contributed by atoms with Crippen LogP contribution in [0.5, 0.6) is 23.5 Å². The molecule has 0 unspecified atom stereocenters. The molecule has 108 valence electrons. The van der Waals surface area contributed by atoms with Crippen molar-refractivity contribution in [3.05, 3.63) is 24.8 Å². The number of rotatable bonds is 4. The van der Waals surface area contributed by atoms with Gasteiger partial charge in [-0.25, -0.2) is 9.97 Å².